The van der Waals surface area contributed by atoms with Gasteiger partial charge in [0, 0.05) is 11.5 Å². The smallest absolute Gasteiger partial charge is 0.334 e. The Kier molecular flexibility index (Phi) is 2.26. The first-order chi connectivity index (χ1) is 8.01. The van der Waals surface area contributed by atoms with Crippen LogP contribution < -0.4 is 0 Å². The van der Waals surface area contributed by atoms with Crippen molar-refractivity contribution in [2.75, 3.05) is 0 Å². The summed E-state index contributed by atoms with van der Waals surface area (Å²) in [6.45, 7) is 10.5. The Bertz CT molecular complexity index is 409. The van der Waals surface area contributed by atoms with E-state index in [1.165, 1.54) is 18.4 Å². The Balaban J connectivity index is 1.91. The van der Waals surface area contributed by atoms with Crippen LogP contribution in [0.5, 0.6) is 0 Å². The Morgan fingerprint density at radius 1 is 1.41 bits per heavy atom. The predicted octanol–water partition coefficient (Wildman–Crippen LogP) is 3.24. The topological polar surface area (TPSA) is 26.3 Å². The minimum absolute atomic E-state index is 0.0853. The molecule has 0 aromatic heterocycles. The average Bonchev–Trinajstić information content (AvgIpc) is 2.52. The van der Waals surface area contributed by atoms with Crippen LogP contribution >= 0.6 is 0 Å². The van der Waals surface area contributed by atoms with Crippen molar-refractivity contribution in [3.63, 3.8) is 0 Å². The number of hydrogen-bond donors (Lipinski definition) is 0. The lowest BCUT2D eigenvalue weighted by atomic mass is 9.56. The van der Waals surface area contributed by atoms with Gasteiger partial charge in [0.1, 0.15) is 6.10 Å². The molecule has 2 unspecified atom stereocenters. The summed E-state index contributed by atoms with van der Waals surface area (Å²) >= 11 is 0. The normalized spacial score (nSPS) is 45.2. The molecular weight excluding hydrogens is 212 g/mol. The fourth-order valence-corrected chi connectivity index (χ4v) is 4.12. The second kappa shape index (κ2) is 3.47. The van der Waals surface area contributed by atoms with Crippen molar-refractivity contribution in [1.82, 2.24) is 0 Å². The molecule has 2 heteroatoms. The molecule has 2 saturated carbocycles. The summed E-state index contributed by atoms with van der Waals surface area (Å²) in [4.78, 5) is 11.6. The third-order valence-electron chi connectivity index (χ3n) is 5.15. The lowest BCUT2D eigenvalue weighted by Gasteiger charge is -2.49. The zero-order valence-electron chi connectivity index (χ0n) is 10.5. The minimum Gasteiger partial charge on any atom is -0.458 e. The van der Waals surface area contributed by atoms with E-state index >= 15 is 0 Å². The van der Waals surface area contributed by atoms with Crippen molar-refractivity contribution in [1.29, 1.82) is 0 Å². The van der Waals surface area contributed by atoms with E-state index in [9.17, 15) is 4.79 Å². The highest BCUT2D eigenvalue weighted by atomic mass is 16.6. The molecule has 0 aromatic rings. The molecule has 0 N–H and O–H groups in total. The Labute approximate surface area is 103 Å². The first-order valence-electron chi connectivity index (χ1n) is 6.59. The van der Waals surface area contributed by atoms with Crippen LogP contribution in [0.25, 0.3) is 0 Å². The average molecular weight is 232 g/mol. The van der Waals surface area contributed by atoms with Gasteiger partial charge in [-0.15, -0.1) is 0 Å². The number of fused-ring (bicyclic) bond motifs is 2. The molecule has 1 saturated heterocycles. The van der Waals surface area contributed by atoms with Gasteiger partial charge in [-0.05, 0) is 43.4 Å². The van der Waals surface area contributed by atoms with Crippen molar-refractivity contribution < 1.29 is 9.53 Å². The number of carbonyl (C=O) groups excluding carboxylic acids is 1. The number of ether oxygens (including phenoxy) is 1. The molecule has 3 aliphatic rings. The van der Waals surface area contributed by atoms with E-state index in [4.69, 9.17) is 4.74 Å². The molecule has 2 nitrogen and oxygen atoms in total. The van der Waals surface area contributed by atoms with Crippen LogP contribution in [0.4, 0.5) is 0 Å². The monoisotopic (exact) mass is 232 g/mol. The molecule has 0 bridgehead atoms. The van der Waals surface area contributed by atoms with E-state index in [1.807, 2.05) is 0 Å². The van der Waals surface area contributed by atoms with Crippen LogP contribution in [-0.4, -0.2) is 12.1 Å². The summed E-state index contributed by atoms with van der Waals surface area (Å²) in [5, 5.41) is 0. The van der Waals surface area contributed by atoms with Crippen LogP contribution in [0.2, 0.25) is 0 Å². The molecule has 3 fully saturated rings. The molecule has 3 rings (SSSR count). The van der Waals surface area contributed by atoms with E-state index in [2.05, 4.69) is 20.1 Å². The molecule has 4 atom stereocenters. The first kappa shape index (κ1) is 11.1. The third-order valence-corrected chi connectivity index (χ3v) is 5.15. The van der Waals surface area contributed by atoms with Gasteiger partial charge in [-0.2, -0.15) is 0 Å². The number of esters is 1. The molecule has 0 radical (unpaired) electrons. The largest absolute Gasteiger partial charge is 0.458 e. The number of carbonyl (C=O) groups is 1. The highest BCUT2D eigenvalue weighted by Crippen LogP contribution is 2.56. The Hall–Kier alpha value is -1.05. The first-order valence-corrected chi connectivity index (χ1v) is 6.59. The second-order valence-electron chi connectivity index (χ2n) is 6.23. The van der Waals surface area contributed by atoms with Gasteiger partial charge < -0.3 is 4.74 Å². The number of allylic oxidation sites excluding steroid dienone is 1. The van der Waals surface area contributed by atoms with E-state index in [0.29, 0.717) is 16.9 Å². The third kappa shape index (κ3) is 1.50. The van der Waals surface area contributed by atoms with Crippen molar-refractivity contribution >= 4 is 5.97 Å². The van der Waals surface area contributed by atoms with E-state index in [1.54, 1.807) is 0 Å². The van der Waals surface area contributed by atoms with Gasteiger partial charge in [0.05, 0.1) is 0 Å². The Morgan fingerprint density at radius 2 is 2.18 bits per heavy atom. The van der Waals surface area contributed by atoms with Crippen LogP contribution in [0.3, 0.4) is 0 Å². The molecule has 1 aliphatic heterocycles. The van der Waals surface area contributed by atoms with Crippen molar-refractivity contribution in [2.45, 2.75) is 45.1 Å². The molecular formula is C15H20O2. The maximum absolute atomic E-state index is 11.6. The van der Waals surface area contributed by atoms with Gasteiger partial charge in [-0.3, -0.25) is 0 Å². The van der Waals surface area contributed by atoms with Crippen molar-refractivity contribution in [2.24, 2.45) is 17.3 Å². The highest BCUT2D eigenvalue weighted by molar-refractivity contribution is 5.90. The van der Waals surface area contributed by atoms with Gasteiger partial charge in [-0.1, -0.05) is 25.7 Å². The maximum atomic E-state index is 11.6. The van der Waals surface area contributed by atoms with Gasteiger partial charge in [0.15, 0.2) is 0 Å². The zero-order valence-corrected chi connectivity index (χ0v) is 10.5. The summed E-state index contributed by atoms with van der Waals surface area (Å²) < 4.78 is 5.46. The van der Waals surface area contributed by atoms with E-state index in [-0.39, 0.29) is 18.0 Å². The molecule has 17 heavy (non-hydrogen) atoms. The quantitative estimate of drug-likeness (QED) is 0.364. The molecule has 0 aromatic carbocycles. The fourth-order valence-electron chi connectivity index (χ4n) is 4.12. The lowest BCUT2D eigenvalue weighted by molar-refractivity contribution is -0.142. The van der Waals surface area contributed by atoms with Crippen molar-refractivity contribution in [3.05, 3.63) is 24.3 Å². The SMILES string of the molecule is C=C1C(=O)OC2C[C@@]3(C)CCCC(=C)[C@@H]3CC12. The summed E-state index contributed by atoms with van der Waals surface area (Å²) in [6, 6.07) is 0. The second-order valence-corrected chi connectivity index (χ2v) is 6.23. The zero-order chi connectivity index (χ0) is 12.2. The summed E-state index contributed by atoms with van der Waals surface area (Å²) in [5.74, 6) is 0.632. The van der Waals surface area contributed by atoms with E-state index < -0.39 is 0 Å². The van der Waals surface area contributed by atoms with Crippen LogP contribution in [0.1, 0.15) is 39.0 Å². The lowest BCUT2D eigenvalue weighted by Crippen LogP contribution is -2.43. The standard InChI is InChI=1S/C15H20O2/c1-9-5-4-6-15(3)8-13-11(7-12(9)15)10(2)14(16)17-13/h11-13H,1-2,4-8H2,3H3/t11?,12-,13?,15+/m0/s1. The summed E-state index contributed by atoms with van der Waals surface area (Å²) in [6.07, 6.45) is 5.72. The predicted molar refractivity (Wildman–Crippen MR) is 66.3 cm³/mol. The van der Waals surface area contributed by atoms with Gasteiger partial charge in [0.2, 0.25) is 0 Å². The van der Waals surface area contributed by atoms with Crippen molar-refractivity contribution in [3.8, 4) is 0 Å². The molecule has 1 heterocycles. The highest BCUT2D eigenvalue weighted by Gasteiger charge is 2.52. The van der Waals surface area contributed by atoms with Crippen LogP contribution in [-0.2, 0) is 9.53 Å². The van der Waals surface area contributed by atoms with Gasteiger partial charge in [-0.25, -0.2) is 4.79 Å². The van der Waals surface area contributed by atoms with Gasteiger partial charge in [0.25, 0.3) is 0 Å². The molecule has 0 amide bonds. The number of hydrogen-bond acceptors (Lipinski definition) is 2. The molecule has 92 valence electrons. The molecule has 2 aliphatic carbocycles. The minimum atomic E-state index is -0.173. The van der Waals surface area contributed by atoms with Crippen LogP contribution in [0.15, 0.2) is 24.3 Å². The number of rotatable bonds is 0. The van der Waals surface area contributed by atoms with E-state index in [0.717, 1.165) is 19.3 Å². The fraction of sp³-hybridized carbons (Fsp3) is 0.667. The van der Waals surface area contributed by atoms with Gasteiger partial charge >= 0.3 is 5.97 Å². The Morgan fingerprint density at radius 3 is 2.94 bits per heavy atom. The summed E-state index contributed by atoms with van der Waals surface area (Å²) in [5.41, 5.74) is 2.36. The summed E-state index contributed by atoms with van der Waals surface area (Å²) in [7, 11) is 0. The maximum Gasteiger partial charge on any atom is 0.334 e. The molecule has 0 spiro atoms. The van der Waals surface area contributed by atoms with Crippen LogP contribution in [0, 0.1) is 17.3 Å².